The van der Waals surface area contributed by atoms with Crippen LogP contribution in [-0.4, -0.2) is 22.9 Å². The van der Waals surface area contributed by atoms with Gasteiger partial charge in [0, 0.05) is 11.0 Å². The Morgan fingerprint density at radius 1 is 1.55 bits per heavy atom. The Hall–Kier alpha value is -0.870. The fourth-order valence-electron chi connectivity index (χ4n) is 3.02. The third-order valence-electron chi connectivity index (χ3n) is 4.01. The molecular formula is C16H23BrN2O. The van der Waals surface area contributed by atoms with Gasteiger partial charge in [-0.1, -0.05) is 41.4 Å². The van der Waals surface area contributed by atoms with Crippen molar-refractivity contribution >= 4 is 21.8 Å². The number of amides is 1. The largest absolute Gasteiger partial charge is 0.334 e. The molecule has 1 aliphatic rings. The molecule has 0 aliphatic carbocycles. The lowest BCUT2D eigenvalue weighted by Gasteiger charge is -2.33. The van der Waals surface area contributed by atoms with Gasteiger partial charge in [-0.05, 0) is 43.9 Å². The van der Waals surface area contributed by atoms with Gasteiger partial charge in [-0.2, -0.15) is 0 Å². The summed E-state index contributed by atoms with van der Waals surface area (Å²) in [7, 11) is 0. The Morgan fingerprint density at radius 2 is 2.30 bits per heavy atom. The van der Waals surface area contributed by atoms with Crippen LogP contribution in [-0.2, 0) is 4.79 Å². The molecule has 1 aromatic carbocycles. The molecule has 0 saturated carbocycles. The minimum atomic E-state index is -0.747. The summed E-state index contributed by atoms with van der Waals surface area (Å²) in [4.78, 5) is 14.7. The molecule has 1 saturated heterocycles. The summed E-state index contributed by atoms with van der Waals surface area (Å²) in [6.45, 7) is 4.73. The summed E-state index contributed by atoms with van der Waals surface area (Å²) < 4.78 is 1.05. The van der Waals surface area contributed by atoms with E-state index in [4.69, 9.17) is 5.73 Å². The second-order valence-corrected chi connectivity index (χ2v) is 6.79. The molecule has 0 radical (unpaired) electrons. The molecule has 3 nitrogen and oxygen atoms in total. The lowest BCUT2D eigenvalue weighted by Crippen LogP contribution is -2.52. The molecule has 2 atom stereocenters. The highest BCUT2D eigenvalue weighted by Gasteiger charge is 2.38. The SMILES string of the molecule is CCCC(C)(N)C(=O)N1CCCC1c1cccc(Br)c1. The standard InChI is InChI=1S/C16H23BrN2O/c1-3-9-16(2,18)15(20)19-10-5-8-14(19)12-6-4-7-13(17)11-12/h4,6-7,11,14H,3,5,8-10,18H2,1-2H3. The van der Waals surface area contributed by atoms with Gasteiger partial charge in [0.25, 0.3) is 0 Å². The van der Waals surface area contributed by atoms with Gasteiger partial charge in [0.2, 0.25) is 5.91 Å². The van der Waals surface area contributed by atoms with E-state index >= 15 is 0 Å². The number of halogens is 1. The molecule has 1 heterocycles. The fourth-order valence-corrected chi connectivity index (χ4v) is 3.44. The second kappa shape index (κ2) is 6.27. The number of nitrogens with zero attached hydrogens (tertiary/aromatic N) is 1. The Balaban J connectivity index is 2.21. The Bertz CT molecular complexity index is 487. The lowest BCUT2D eigenvalue weighted by atomic mass is 9.94. The van der Waals surface area contributed by atoms with E-state index in [0.29, 0.717) is 0 Å². The number of hydrogen-bond donors (Lipinski definition) is 1. The number of benzene rings is 1. The van der Waals surface area contributed by atoms with Gasteiger partial charge in [0.15, 0.2) is 0 Å². The van der Waals surface area contributed by atoms with E-state index < -0.39 is 5.54 Å². The summed E-state index contributed by atoms with van der Waals surface area (Å²) in [6.07, 6.45) is 3.72. The van der Waals surface area contributed by atoms with Crippen molar-refractivity contribution in [2.24, 2.45) is 5.73 Å². The third-order valence-corrected chi connectivity index (χ3v) is 4.50. The number of nitrogens with two attached hydrogens (primary N) is 1. The van der Waals surface area contributed by atoms with Crippen LogP contribution in [0.3, 0.4) is 0 Å². The normalized spacial score (nSPS) is 21.8. The summed E-state index contributed by atoms with van der Waals surface area (Å²) >= 11 is 3.50. The molecule has 4 heteroatoms. The molecule has 1 aliphatic heterocycles. The monoisotopic (exact) mass is 338 g/mol. The molecule has 2 N–H and O–H groups in total. The van der Waals surface area contributed by atoms with Crippen molar-refractivity contribution in [3.8, 4) is 0 Å². The minimum absolute atomic E-state index is 0.0850. The fraction of sp³-hybridized carbons (Fsp3) is 0.562. The molecule has 20 heavy (non-hydrogen) atoms. The van der Waals surface area contributed by atoms with Gasteiger partial charge >= 0.3 is 0 Å². The first-order chi connectivity index (χ1) is 9.45. The molecule has 1 aromatic rings. The maximum atomic E-state index is 12.7. The van der Waals surface area contributed by atoms with Gasteiger partial charge < -0.3 is 10.6 Å². The van der Waals surface area contributed by atoms with Crippen LogP contribution < -0.4 is 5.73 Å². The summed E-state index contributed by atoms with van der Waals surface area (Å²) in [5, 5.41) is 0. The van der Waals surface area contributed by atoms with E-state index in [1.165, 1.54) is 5.56 Å². The molecule has 0 spiro atoms. The van der Waals surface area contributed by atoms with E-state index in [9.17, 15) is 4.79 Å². The van der Waals surface area contributed by atoms with Crippen LogP contribution in [0.1, 0.15) is 51.1 Å². The van der Waals surface area contributed by atoms with Crippen molar-refractivity contribution < 1.29 is 4.79 Å². The van der Waals surface area contributed by atoms with Crippen LogP contribution in [0.25, 0.3) is 0 Å². The first-order valence-corrected chi connectivity index (χ1v) is 8.10. The average Bonchev–Trinajstić information content (AvgIpc) is 2.86. The van der Waals surface area contributed by atoms with Crippen molar-refractivity contribution in [2.75, 3.05) is 6.54 Å². The van der Waals surface area contributed by atoms with E-state index in [-0.39, 0.29) is 11.9 Å². The van der Waals surface area contributed by atoms with Gasteiger partial charge in [0.05, 0.1) is 11.6 Å². The Morgan fingerprint density at radius 3 is 2.95 bits per heavy atom. The maximum Gasteiger partial charge on any atom is 0.242 e. The molecule has 1 fully saturated rings. The minimum Gasteiger partial charge on any atom is -0.334 e. The van der Waals surface area contributed by atoms with Crippen LogP contribution in [0.2, 0.25) is 0 Å². The van der Waals surface area contributed by atoms with Crippen LogP contribution in [0, 0.1) is 0 Å². The van der Waals surface area contributed by atoms with Crippen molar-refractivity contribution in [1.29, 1.82) is 0 Å². The summed E-state index contributed by atoms with van der Waals surface area (Å²) in [5.41, 5.74) is 6.67. The van der Waals surface area contributed by atoms with E-state index in [0.717, 1.165) is 36.7 Å². The van der Waals surface area contributed by atoms with Gasteiger partial charge in [0.1, 0.15) is 0 Å². The van der Waals surface area contributed by atoms with Crippen molar-refractivity contribution in [2.45, 2.75) is 51.1 Å². The predicted molar refractivity (Wildman–Crippen MR) is 85.3 cm³/mol. The highest BCUT2D eigenvalue weighted by atomic mass is 79.9. The molecular weight excluding hydrogens is 316 g/mol. The number of rotatable bonds is 4. The quantitative estimate of drug-likeness (QED) is 0.911. The molecule has 1 amide bonds. The zero-order valence-electron chi connectivity index (χ0n) is 12.2. The van der Waals surface area contributed by atoms with Crippen molar-refractivity contribution in [1.82, 2.24) is 4.90 Å². The summed E-state index contributed by atoms with van der Waals surface area (Å²) in [5.74, 6) is 0.0850. The molecule has 2 rings (SSSR count). The van der Waals surface area contributed by atoms with Crippen LogP contribution in [0.5, 0.6) is 0 Å². The first kappa shape index (κ1) is 15.5. The molecule has 110 valence electrons. The van der Waals surface area contributed by atoms with E-state index in [2.05, 4.69) is 35.0 Å². The maximum absolute atomic E-state index is 12.7. The molecule has 0 aromatic heterocycles. The number of likely N-dealkylation sites (tertiary alicyclic amines) is 1. The smallest absolute Gasteiger partial charge is 0.242 e. The zero-order valence-corrected chi connectivity index (χ0v) is 13.8. The van der Waals surface area contributed by atoms with Gasteiger partial charge in [-0.3, -0.25) is 4.79 Å². The van der Waals surface area contributed by atoms with Crippen LogP contribution in [0.15, 0.2) is 28.7 Å². The van der Waals surface area contributed by atoms with Crippen molar-refractivity contribution in [3.05, 3.63) is 34.3 Å². The van der Waals surface area contributed by atoms with Crippen molar-refractivity contribution in [3.63, 3.8) is 0 Å². The number of hydrogen-bond acceptors (Lipinski definition) is 2. The van der Waals surface area contributed by atoms with E-state index in [1.807, 2.05) is 24.0 Å². The van der Waals surface area contributed by atoms with E-state index in [1.54, 1.807) is 0 Å². The third kappa shape index (κ3) is 3.23. The average molecular weight is 339 g/mol. The van der Waals surface area contributed by atoms with Crippen LogP contribution in [0.4, 0.5) is 0 Å². The number of carbonyl (C=O) groups excluding carboxylic acids is 1. The topological polar surface area (TPSA) is 46.3 Å². The second-order valence-electron chi connectivity index (χ2n) is 5.88. The van der Waals surface area contributed by atoms with Gasteiger partial charge in [-0.15, -0.1) is 0 Å². The molecule has 0 bridgehead atoms. The summed E-state index contributed by atoms with van der Waals surface area (Å²) in [6, 6.07) is 8.39. The highest BCUT2D eigenvalue weighted by Crippen LogP contribution is 2.34. The van der Waals surface area contributed by atoms with Gasteiger partial charge in [-0.25, -0.2) is 0 Å². The predicted octanol–water partition coefficient (Wildman–Crippen LogP) is 3.63. The Kier molecular flexibility index (Phi) is 4.86. The number of carbonyl (C=O) groups is 1. The van der Waals surface area contributed by atoms with Crippen LogP contribution >= 0.6 is 15.9 Å². The Labute approximate surface area is 129 Å². The zero-order chi connectivity index (χ0) is 14.8. The molecule has 2 unspecified atom stereocenters. The highest BCUT2D eigenvalue weighted by molar-refractivity contribution is 9.10. The first-order valence-electron chi connectivity index (χ1n) is 7.31. The lowest BCUT2D eigenvalue weighted by molar-refractivity contribution is -0.137.